The van der Waals surface area contributed by atoms with Gasteiger partial charge in [0.1, 0.15) is 0 Å². The summed E-state index contributed by atoms with van der Waals surface area (Å²) in [6.45, 7) is 19.6. The normalized spacial score (nSPS) is 11.0. The van der Waals surface area contributed by atoms with Gasteiger partial charge >= 0.3 is 0 Å². The van der Waals surface area contributed by atoms with E-state index in [1.54, 1.807) is 12.1 Å². The third-order valence-electron chi connectivity index (χ3n) is 13.9. The van der Waals surface area contributed by atoms with Gasteiger partial charge in [0.05, 0.1) is 81.5 Å². The lowest BCUT2D eigenvalue weighted by atomic mass is 9.97. The van der Waals surface area contributed by atoms with Gasteiger partial charge in [-0.3, -0.25) is 4.98 Å². The number of fused-ring (bicyclic) bond motifs is 6. The van der Waals surface area contributed by atoms with Crippen LogP contribution in [0.1, 0.15) is 28.1 Å². The van der Waals surface area contributed by atoms with Gasteiger partial charge in [-0.25, -0.2) is 9.69 Å². The first-order chi connectivity index (χ1) is 36.2. The Kier molecular flexibility index (Phi) is 10.7. The van der Waals surface area contributed by atoms with E-state index in [1.165, 1.54) is 0 Å². The van der Waals surface area contributed by atoms with Crippen molar-refractivity contribution in [3.05, 3.63) is 245 Å². The maximum atomic E-state index is 11.3. The molecule has 0 amide bonds. The van der Waals surface area contributed by atoms with Crippen molar-refractivity contribution in [2.24, 2.45) is 0 Å². The maximum Gasteiger partial charge on any atom is 0.187 e. The second-order valence-electron chi connectivity index (χ2n) is 18.4. The molecule has 74 heavy (non-hydrogen) atoms. The van der Waals surface area contributed by atoms with Crippen molar-refractivity contribution in [1.82, 2.24) is 14.1 Å². The molecule has 9 aromatic carbocycles. The topological polar surface area (TPSA) is 103 Å². The second-order valence-corrected chi connectivity index (χ2v) is 18.4. The molecule has 0 fully saturated rings. The van der Waals surface area contributed by atoms with E-state index < -0.39 is 0 Å². The van der Waals surface area contributed by atoms with Gasteiger partial charge in [0.15, 0.2) is 11.4 Å². The molecule has 0 aliphatic heterocycles. The van der Waals surface area contributed by atoms with Gasteiger partial charge in [0.25, 0.3) is 0 Å². The van der Waals surface area contributed by atoms with Crippen molar-refractivity contribution >= 4 is 55.0 Å². The molecule has 0 saturated heterocycles. The third-order valence-corrected chi connectivity index (χ3v) is 13.9. The molecule has 0 spiro atoms. The summed E-state index contributed by atoms with van der Waals surface area (Å²) in [6.07, 6.45) is 0. The largest absolute Gasteiger partial charge is 0.308 e. The van der Waals surface area contributed by atoms with Crippen LogP contribution in [0.5, 0.6) is 0 Å². The van der Waals surface area contributed by atoms with E-state index in [-0.39, 0.29) is 0 Å². The molecule has 12 aromatic rings. The molecule has 0 unspecified atom stereocenters. The summed E-state index contributed by atoms with van der Waals surface area (Å²) in [5, 5.41) is 35.1. The van der Waals surface area contributed by atoms with Crippen molar-refractivity contribution in [1.29, 1.82) is 15.8 Å². The summed E-state index contributed by atoms with van der Waals surface area (Å²) in [5.74, 6) is 0. The Balaban J connectivity index is 1.25. The zero-order chi connectivity index (χ0) is 50.6. The zero-order valence-corrected chi connectivity index (χ0v) is 40.1. The summed E-state index contributed by atoms with van der Waals surface area (Å²) in [6, 6.07) is 71.5. The Morgan fingerprint density at radius 1 is 0.365 bits per heavy atom. The molecule has 0 N–H and O–H groups in total. The number of aryl methyl sites for hydroxylation is 2. The Morgan fingerprint density at radius 3 is 1.05 bits per heavy atom. The fraction of sp³-hybridized carbons (Fsp3) is 0.0303. The van der Waals surface area contributed by atoms with Crippen LogP contribution in [0.4, 0.5) is 11.4 Å². The highest BCUT2D eigenvalue weighted by molar-refractivity contribution is 6.14. The lowest BCUT2D eigenvalue weighted by Crippen LogP contribution is -2.06. The predicted molar refractivity (Wildman–Crippen MR) is 296 cm³/mol. The zero-order valence-electron chi connectivity index (χ0n) is 40.1. The third kappa shape index (κ3) is 7.56. The fourth-order valence-electron chi connectivity index (χ4n) is 10.6. The van der Waals surface area contributed by atoms with Crippen LogP contribution in [-0.4, -0.2) is 14.1 Å². The van der Waals surface area contributed by atoms with Crippen LogP contribution in [0.3, 0.4) is 0 Å². The van der Waals surface area contributed by atoms with Gasteiger partial charge in [-0.15, -0.1) is 0 Å². The number of hydrogen-bond donors (Lipinski definition) is 0. The van der Waals surface area contributed by atoms with Crippen molar-refractivity contribution < 1.29 is 0 Å². The molecule has 8 heteroatoms. The number of hydrogen-bond acceptors (Lipinski definition) is 4. The van der Waals surface area contributed by atoms with Crippen LogP contribution in [-0.2, 0) is 0 Å². The van der Waals surface area contributed by atoms with E-state index in [2.05, 4.69) is 122 Å². The monoisotopic (exact) mass is 942 g/mol. The summed E-state index contributed by atoms with van der Waals surface area (Å²) in [4.78, 5) is 12.4. The number of pyridine rings is 1. The van der Waals surface area contributed by atoms with E-state index in [0.29, 0.717) is 28.1 Å². The van der Waals surface area contributed by atoms with Crippen LogP contribution < -0.4 is 0 Å². The molecule has 3 aromatic heterocycles. The molecule has 0 atom stereocenters. The Morgan fingerprint density at radius 2 is 0.703 bits per heavy atom. The van der Waals surface area contributed by atoms with Crippen molar-refractivity contribution in [2.75, 3.05) is 0 Å². The van der Waals surface area contributed by atoms with Crippen LogP contribution in [0.15, 0.2) is 194 Å². The van der Waals surface area contributed by atoms with E-state index in [4.69, 9.17) is 18.1 Å². The summed E-state index contributed by atoms with van der Waals surface area (Å²) >= 11 is 0. The standard InChI is InChI=1S/C66H38N8/c1-40-25-53(26-41(2)72-40)66-64(73-60-33-49(45-11-5-9-42(27-45)37-67)17-21-56(60)58-23-19-51(35-62(58)73)47-13-7-15-54(31-47)70-3)29-44(39-69)30-65(66)74-61-34-50(46-12-6-10-43(28-46)38-68)18-22-57(61)59-24-20-52(36-63(59)74)48-14-8-16-55(32-48)71-4/h5-36H,1-2H3. The van der Waals surface area contributed by atoms with Gasteiger partial charge in [-0.1, -0.05) is 109 Å². The number of benzene rings is 9. The Labute approximate surface area is 427 Å². The molecule has 0 radical (unpaired) electrons. The lowest BCUT2D eigenvalue weighted by molar-refractivity contribution is 1.11. The van der Waals surface area contributed by atoms with Crippen LogP contribution in [0, 0.1) is 61.0 Å². The fourth-order valence-corrected chi connectivity index (χ4v) is 10.6. The number of rotatable bonds is 7. The Hall–Kier alpha value is -10.8. The minimum atomic E-state index is 0.434. The average molecular weight is 943 g/mol. The smallest absolute Gasteiger partial charge is 0.187 e. The molecular formula is C66H38N8. The molecule has 0 saturated carbocycles. The van der Waals surface area contributed by atoms with Crippen molar-refractivity contribution in [3.8, 4) is 85.2 Å². The number of nitriles is 3. The first-order valence-corrected chi connectivity index (χ1v) is 23.9. The highest BCUT2D eigenvalue weighted by Gasteiger charge is 2.25. The van der Waals surface area contributed by atoms with Crippen LogP contribution >= 0.6 is 0 Å². The van der Waals surface area contributed by atoms with E-state index in [0.717, 1.165) is 122 Å². The van der Waals surface area contributed by atoms with E-state index in [1.807, 2.05) is 111 Å². The maximum absolute atomic E-state index is 11.3. The highest BCUT2D eigenvalue weighted by Crippen LogP contribution is 2.46. The average Bonchev–Trinajstić information content (AvgIpc) is 3.95. The second kappa shape index (κ2) is 17.9. The molecule has 3 heterocycles. The van der Waals surface area contributed by atoms with Crippen molar-refractivity contribution in [3.63, 3.8) is 0 Å². The summed E-state index contributed by atoms with van der Waals surface area (Å²) in [7, 11) is 0. The minimum Gasteiger partial charge on any atom is -0.308 e. The van der Waals surface area contributed by atoms with Crippen LogP contribution in [0.2, 0.25) is 0 Å². The molecule has 8 nitrogen and oxygen atoms in total. The highest BCUT2D eigenvalue weighted by atomic mass is 15.0. The van der Waals surface area contributed by atoms with Gasteiger partial charge in [-0.2, -0.15) is 15.8 Å². The first-order valence-electron chi connectivity index (χ1n) is 23.9. The van der Waals surface area contributed by atoms with Gasteiger partial charge in [0, 0.05) is 38.5 Å². The summed E-state index contributed by atoms with van der Waals surface area (Å²) < 4.78 is 4.53. The van der Waals surface area contributed by atoms with Gasteiger partial charge in [0.2, 0.25) is 0 Å². The van der Waals surface area contributed by atoms with E-state index in [9.17, 15) is 15.8 Å². The van der Waals surface area contributed by atoms with Gasteiger partial charge < -0.3 is 9.13 Å². The molecular weight excluding hydrogens is 905 g/mol. The number of aromatic nitrogens is 3. The Bertz CT molecular complexity index is 4080. The summed E-state index contributed by atoms with van der Waals surface area (Å²) in [5.41, 5.74) is 18.4. The first kappa shape index (κ1) is 44.4. The van der Waals surface area contributed by atoms with Gasteiger partial charge in [-0.05, 0) is 149 Å². The quantitative estimate of drug-likeness (QED) is 0.148. The molecule has 0 bridgehead atoms. The van der Waals surface area contributed by atoms with E-state index >= 15 is 0 Å². The lowest BCUT2D eigenvalue weighted by Gasteiger charge is -2.22. The molecule has 342 valence electrons. The van der Waals surface area contributed by atoms with Crippen molar-refractivity contribution in [2.45, 2.75) is 13.8 Å². The minimum absolute atomic E-state index is 0.434. The molecule has 12 rings (SSSR count). The molecule has 0 aliphatic carbocycles. The molecule has 0 aliphatic rings. The number of nitrogens with zero attached hydrogens (tertiary/aromatic N) is 8. The van der Waals surface area contributed by atoms with Crippen LogP contribution in [0.25, 0.3) is 120 Å². The SMILES string of the molecule is [C-]#[N+]c1cccc(-c2ccc3c4ccc(-c5cccc(C#N)c5)cc4n(-c4cc(C#N)cc(-n5c6cc(-c7cccc(C#N)c7)ccc6c6ccc(-c7cccc([N+]#[C-])c7)cc65)c4-c4cc(C)nc(C)c4)c3c2)c1. The predicted octanol–water partition coefficient (Wildman–Crippen LogP) is 16.9.